The van der Waals surface area contributed by atoms with Gasteiger partial charge >= 0.3 is 0 Å². The van der Waals surface area contributed by atoms with Gasteiger partial charge in [0.05, 0.1) is 6.54 Å². The van der Waals surface area contributed by atoms with Gasteiger partial charge in [-0.05, 0) is 24.3 Å². The van der Waals surface area contributed by atoms with Crippen LogP contribution in [0.5, 0.6) is 0 Å². The van der Waals surface area contributed by atoms with Gasteiger partial charge in [-0.15, -0.1) is 24.0 Å². The van der Waals surface area contributed by atoms with Gasteiger partial charge in [0.25, 0.3) is 0 Å². The molecule has 0 spiro atoms. The van der Waals surface area contributed by atoms with E-state index in [-0.39, 0.29) is 35.8 Å². The number of hydrogen-bond acceptors (Lipinski definition) is 3. The average Bonchev–Trinajstić information content (AvgIpc) is 2.59. The second-order valence-corrected chi connectivity index (χ2v) is 6.57. The number of nitrogens with one attached hydrogen (secondary N) is 1. The van der Waals surface area contributed by atoms with Crippen LogP contribution in [-0.2, 0) is 4.79 Å². The fourth-order valence-corrected chi connectivity index (χ4v) is 2.63. The van der Waals surface area contributed by atoms with Crippen LogP contribution in [0.2, 0.25) is 5.02 Å². The summed E-state index contributed by atoms with van der Waals surface area (Å²) in [4.78, 5) is 20.2. The van der Waals surface area contributed by atoms with Crippen LogP contribution in [0.25, 0.3) is 0 Å². The van der Waals surface area contributed by atoms with E-state index in [1.165, 1.54) is 5.69 Å². The van der Waals surface area contributed by atoms with E-state index >= 15 is 0 Å². The molecule has 1 heterocycles. The van der Waals surface area contributed by atoms with Crippen LogP contribution >= 0.6 is 35.6 Å². The third kappa shape index (κ3) is 6.89. The van der Waals surface area contributed by atoms with E-state index < -0.39 is 0 Å². The first-order valence-corrected chi connectivity index (χ1v) is 8.68. The molecule has 0 bridgehead atoms. The van der Waals surface area contributed by atoms with Crippen molar-refractivity contribution >= 4 is 53.1 Å². The van der Waals surface area contributed by atoms with E-state index in [1.54, 1.807) is 0 Å². The monoisotopic (exact) mass is 479 g/mol. The first kappa shape index (κ1) is 21.8. The summed E-state index contributed by atoms with van der Waals surface area (Å²) in [6.07, 6.45) is 0. The van der Waals surface area contributed by atoms with Gasteiger partial charge in [0.2, 0.25) is 5.91 Å². The van der Waals surface area contributed by atoms with Crippen molar-refractivity contribution in [2.45, 2.75) is 13.8 Å². The van der Waals surface area contributed by atoms with Crippen LogP contribution in [0.3, 0.4) is 0 Å². The lowest BCUT2D eigenvalue weighted by atomic mass is 10.2. The molecule has 1 saturated heterocycles. The number of hydrogen-bond donors (Lipinski definition) is 2. The number of anilines is 1. The maximum Gasteiger partial charge on any atom is 0.222 e. The van der Waals surface area contributed by atoms with Crippen LogP contribution in [0.15, 0.2) is 29.3 Å². The number of carbonyl (C=O) groups is 1. The number of guanidine groups is 1. The molecule has 0 unspecified atom stereocenters. The minimum atomic E-state index is -0.00716. The number of halogens is 2. The van der Waals surface area contributed by atoms with Gasteiger partial charge in [-0.1, -0.05) is 25.4 Å². The molecule has 1 amide bonds. The summed E-state index contributed by atoms with van der Waals surface area (Å²) < 4.78 is 0. The summed E-state index contributed by atoms with van der Waals surface area (Å²) in [5, 5.41) is 3.58. The van der Waals surface area contributed by atoms with Crippen molar-refractivity contribution in [2.24, 2.45) is 16.6 Å². The first-order valence-electron chi connectivity index (χ1n) is 8.30. The Morgan fingerprint density at radius 3 is 2.40 bits per heavy atom. The first-order chi connectivity index (χ1) is 11.5. The lowest BCUT2D eigenvalue weighted by Gasteiger charge is -2.36. The zero-order valence-corrected chi connectivity index (χ0v) is 17.8. The molecular weight excluding hydrogens is 453 g/mol. The van der Waals surface area contributed by atoms with Gasteiger partial charge < -0.3 is 20.9 Å². The lowest BCUT2D eigenvalue weighted by Crippen LogP contribution is -2.51. The summed E-state index contributed by atoms with van der Waals surface area (Å²) in [5.74, 6) is 0.581. The van der Waals surface area contributed by atoms with Crippen molar-refractivity contribution in [1.82, 2.24) is 10.2 Å². The van der Waals surface area contributed by atoms with E-state index in [4.69, 9.17) is 17.3 Å². The zero-order valence-electron chi connectivity index (χ0n) is 14.7. The van der Waals surface area contributed by atoms with E-state index in [0.717, 1.165) is 31.2 Å². The number of nitrogens with two attached hydrogens (primary N) is 1. The summed E-state index contributed by atoms with van der Waals surface area (Å²) >= 11 is 5.93. The number of amides is 1. The normalized spacial score (nSPS) is 15.1. The molecule has 6 nitrogen and oxygen atoms in total. The van der Waals surface area contributed by atoms with Crippen molar-refractivity contribution in [3.63, 3.8) is 0 Å². The van der Waals surface area contributed by atoms with Crippen LogP contribution in [0.4, 0.5) is 5.69 Å². The highest BCUT2D eigenvalue weighted by Crippen LogP contribution is 2.19. The van der Waals surface area contributed by atoms with Crippen molar-refractivity contribution in [1.29, 1.82) is 0 Å². The molecule has 3 N–H and O–H groups in total. The molecule has 0 aromatic heterocycles. The maximum absolute atomic E-state index is 11.5. The van der Waals surface area contributed by atoms with Gasteiger partial charge in [-0.2, -0.15) is 0 Å². The van der Waals surface area contributed by atoms with E-state index in [1.807, 2.05) is 38.1 Å². The Kier molecular flexibility index (Phi) is 9.34. The Hall–Kier alpha value is -1.22. The Morgan fingerprint density at radius 2 is 1.84 bits per heavy atom. The second-order valence-electron chi connectivity index (χ2n) is 6.14. The molecule has 1 aromatic rings. The van der Waals surface area contributed by atoms with Gasteiger partial charge in [-0.25, -0.2) is 0 Å². The van der Waals surface area contributed by atoms with Gasteiger partial charge in [-0.3, -0.25) is 9.79 Å². The molecule has 1 fully saturated rings. The van der Waals surface area contributed by atoms with Gasteiger partial charge in [0.15, 0.2) is 5.96 Å². The topological polar surface area (TPSA) is 74.0 Å². The molecule has 8 heteroatoms. The molecule has 25 heavy (non-hydrogen) atoms. The summed E-state index contributed by atoms with van der Waals surface area (Å²) in [6.45, 7) is 8.20. The molecule has 0 aliphatic carbocycles. The molecule has 1 aliphatic rings. The van der Waals surface area contributed by atoms with E-state index in [2.05, 4.69) is 20.1 Å². The van der Waals surface area contributed by atoms with Crippen molar-refractivity contribution in [3.05, 3.63) is 29.3 Å². The quantitative estimate of drug-likeness (QED) is 0.294. The number of carbonyl (C=O) groups excluding carboxylic acids is 1. The highest BCUT2D eigenvalue weighted by molar-refractivity contribution is 14.0. The highest BCUT2D eigenvalue weighted by Gasteiger charge is 2.18. The third-order valence-electron chi connectivity index (χ3n) is 4.00. The maximum atomic E-state index is 11.5. The second kappa shape index (κ2) is 10.7. The van der Waals surface area contributed by atoms with Crippen molar-refractivity contribution in [3.8, 4) is 0 Å². The average molecular weight is 480 g/mol. The molecule has 1 aliphatic heterocycles. The Morgan fingerprint density at radius 1 is 1.24 bits per heavy atom. The Balaban J connectivity index is 0.00000312. The van der Waals surface area contributed by atoms with Crippen LogP contribution < -0.4 is 16.0 Å². The molecule has 0 atom stereocenters. The van der Waals surface area contributed by atoms with Crippen LogP contribution in [0.1, 0.15) is 13.8 Å². The Labute approximate surface area is 171 Å². The molecule has 1 aromatic carbocycles. The van der Waals surface area contributed by atoms with Crippen molar-refractivity contribution in [2.75, 3.05) is 44.2 Å². The van der Waals surface area contributed by atoms with Crippen molar-refractivity contribution < 1.29 is 4.79 Å². The predicted molar refractivity (Wildman–Crippen MR) is 115 cm³/mol. The standard InChI is InChI=1S/C17H26ClN5O.HI/c1-13(2)16(24)20-7-8-21-17(19)23-11-9-22(10-12-23)15-5-3-14(18)4-6-15;/h3-6,13H,7-12H2,1-2H3,(H2,19,21)(H,20,24);1H. The fourth-order valence-electron chi connectivity index (χ4n) is 2.50. The molecule has 0 radical (unpaired) electrons. The highest BCUT2D eigenvalue weighted by atomic mass is 127. The molecule has 0 saturated carbocycles. The minimum absolute atomic E-state index is 0. The number of benzene rings is 1. The van der Waals surface area contributed by atoms with Crippen LogP contribution in [-0.4, -0.2) is 56.0 Å². The molecule has 2 rings (SSSR count). The third-order valence-corrected chi connectivity index (χ3v) is 4.26. The smallest absolute Gasteiger partial charge is 0.222 e. The SMILES string of the molecule is CC(C)C(=O)NCCN=C(N)N1CCN(c2ccc(Cl)cc2)CC1.I. The molecule has 140 valence electrons. The fraction of sp³-hybridized carbons (Fsp3) is 0.529. The van der Waals surface area contributed by atoms with Gasteiger partial charge in [0.1, 0.15) is 0 Å². The minimum Gasteiger partial charge on any atom is -0.370 e. The summed E-state index contributed by atoms with van der Waals surface area (Å²) in [6, 6.07) is 7.88. The lowest BCUT2D eigenvalue weighted by molar-refractivity contribution is -0.123. The van der Waals surface area contributed by atoms with E-state index in [9.17, 15) is 4.79 Å². The zero-order chi connectivity index (χ0) is 17.5. The summed E-state index contributed by atoms with van der Waals surface area (Å²) in [7, 11) is 0. The van der Waals surface area contributed by atoms with Crippen LogP contribution in [0, 0.1) is 5.92 Å². The van der Waals surface area contributed by atoms with E-state index in [0.29, 0.717) is 19.0 Å². The number of aliphatic imine (C=N–C) groups is 1. The number of nitrogens with zero attached hydrogens (tertiary/aromatic N) is 3. The number of rotatable bonds is 5. The predicted octanol–water partition coefficient (Wildman–Crippen LogP) is 2.17. The summed E-state index contributed by atoms with van der Waals surface area (Å²) in [5.41, 5.74) is 7.23. The van der Waals surface area contributed by atoms with Gasteiger partial charge in [0, 0.05) is 49.4 Å². The number of piperazine rings is 1. The largest absolute Gasteiger partial charge is 0.370 e. The Bertz CT molecular complexity index is 571. The molecular formula is C17H27ClIN5O.